The molecule has 0 nitrogen and oxygen atoms in total. The fraction of sp³-hybridized carbons (Fsp3) is 0. The summed E-state index contributed by atoms with van der Waals surface area (Å²) in [5.74, 6) is 0. The van der Waals surface area contributed by atoms with Crippen LogP contribution in [-0.4, -0.2) is 0 Å². The van der Waals surface area contributed by atoms with E-state index < -0.39 is 0 Å². The van der Waals surface area contributed by atoms with Crippen LogP contribution in [0, 0.1) is 0 Å². The summed E-state index contributed by atoms with van der Waals surface area (Å²) in [6, 6.07) is 0. The Labute approximate surface area is 85.0 Å². The molecule has 0 aromatic rings. The van der Waals surface area contributed by atoms with Crippen molar-refractivity contribution in [2.45, 2.75) is 0 Å². The van der Waals surface area contributed by atoms with Gasteiger partial charge < -0.3 is 0 Å². The molecule has 0 aliphatic heterocycles. The third-order valence-corrected chi connectivity index (χ3v) is 0. The summed E-state index contributed by atoms with van der Waals surface area (Å²) in [5, 5.41) is 0. The molecule has 0 amide bonds. The second-order valence-corrected chi connectivity index (χ2v) is 0. The van der Waals surface area contributed by atoms with Gasteiger partial charge in [-0.1, -0.05) is 0 Å². The molecule has 0 aromatic carbocycles. The van der Waals surface area contributed by atoms with Crippen LogP contribution >= 0.6 is 0 Å². The summed E-state index contributed by atoms with van der Waals surface area (Å²) in [6.45, 7) is 0. The molecule has 0 saturated carbocycles. The summed E-state index contributed by atoms with van der Waals surface area (Å²) in [5.41, 5.74) is 0. The van der Waals surface area contributed by atoms with Crippen molar-refractivity contribution < 1.29 is 86.5 Å². The molecule has 0 bridgehead atoms. The minimum atomic E-state index is 0. The average Bonchev–Trinajstić information content (AvgIpc) is 0. The van der Waals surface area contributed by atoms with E-state index >= 15 is 0 Å². The van der Waals surface area contributed by atoms with Crippen LogP contribution in [0.2, 0.25) is 0 Å². The van der Waals surface area contributed by atoms with Crippen LogP contribution in [0.1, 0.15) is 0 Å². The first-order chi connectivity index (χ1) is 0. The number of rotatable bonds is 0. The van der Waals surface area contributed by atoms with E-state index in [0.29, 0.717) is 0 Å². The van der Waals surface area contributed by atoms with Crippen molar-refractivity contribution in [3.8, 4) is 0 Å². The van der Waals surface area contributed by atoms with Crippen LogP contribution in [0.15, 0.2) is 0 Å². The Bertz CT molecular complexity index is 8.00. The molecule has 0 atom stereocenters. The summed E-state index contributed by atoms with van der Waals surface area (Å²) < 4.78 is 0. The van der Waals surface area contributed by atoms with Crippen molar-refractivity contribution >= 4 is 0 Å². The molecule has 0 spiro atoms. The number of hydrogen-bond acceptors (Lipinski definition) is 0. The Balaban J connectivity index is 0. The molecular formula is CrCuScZr. The Morgan fingerprint density at radius 2 is 1.00 bits per heavy atom. The van der Waals surface area contributed by atoms with Gasteiger partial charge >= 0.3 is 0 Å². The minimum Gasteiger partial charge on any atom is 0 e. The molecule has 0 aliphatic rings. The smallest absolute Gasteiger partial charge is 0 e. The predicted molar refractivity (Wildman–Crippen MR) is 0 cm³/mol. The normalized spacial score (nSPS) is 0. The van der Waals surface area contributed by atoms with Crippen molar-refractivity contribution in [2.75, 3.05) is 0 Å². The molecule has 24 valence electrons. The summed E-state index contributed by atoms with van der Waals surface area (Å²) >= 11 is 0. The Kier molecular flexibility index (Phi) is 124. The topological polar surface area (TPSA) is 0 Å². The van der Waals surface area contributed by atoms with Gasteiger partial charge in [0.25, 0.3) is 0 Å². The third-order valence-electron chi connectivity index (χ3n) is 0. The van der Waals surface area contributed by atoms with E-state index in [1.807, 2.05) is 0 Å². The van der Waals surface area contributed by atoms with Crippen LogP contribution in [-0.2, 0) is 86.5 Å². The van der Waals surface area contributed by atoms with E-state index in [4.69, 9.17) is 0 Å². The molecule has 0 fully saturated rings. The zero-order chi connectivity index (χ0) is 0. The first-order valence-corrected chi connectivity index (χ1v) is 0. The largest absolute Gasteiger partial charge is 0 e. The molecule has 0 heterocycles. The van der Waals surface area contributed by atoms with Gasteiger partial charge in [-0.05, 0) is 0 Å². The van der Waals surface area contributed by atoms with E-state index in [1.54, 1.807) is 0 Å². The average molecular weight is 252 g/mol. The second kappa shape index (κ2) is 17.0. The standard InChI is InChI=1S/Cr.Cu.Sc.Zr. The summed E-state index contributed by atoms with van der Waals surface area (Å²) in [4.78, 5) is 0. The zero-order valence-electron chi connectivity index (χ0n) is 1.79. The third kappa shape index (κ3) is 8.84. The van der Waals surface area contributed by atoms with Crippen LogP contribution in [0.25, 0.3) is 0 Å². The van der Waals surface area contributed by atoms with Gasteiger partial charge in [0.15, 0.2) is 0 Å². The molecule has 0 N–H and O–H groups in total. The number of hydrogen-bond donors (Lipinski definition) is 0. The predicted octanol–water partition coefficient (Wildman–Crippen LogP) is -0.0100. The molecule has 4 heavy (non-hydrogen) atoms. The maximum atomic E-state index is 0. The van der Waals surface area contributed by atoms with E-state index in [2.05, 4.69) is 0 Å². The molecule has 0 saturated heterocycles. The quantitative estimate of drug-likeness (QED) is 0.532. The Hall–Kier alpha value is 2.81. The van der Waals surface area contributed by atoms with Gasteiger partial charge in [0.2, 0.25) is 0 Å². The maximum absolute atomic E-state index is 0. The molecule has 4 heteroatoms. The van der Waals surface area contributed by atoms with Gasteiger partial charge in [0.1, 0.15) is 0 Å². The van der Waals surface area contributed by atoms with Gasteiger partial charge in [-0.2, -0.15) is 0 Å². The van der Waals surface area contributed by atoms with Crippen LogP contribution in [0.4, 0.5) is 0 Å². The summed E-state index contributed by atoms with van der Waals surface area (Å²) in [6.07, 6.45) is 0. The molecular weight excluding hydrogens is 252 g/mol. The Morgan fingerprint density at radius 3 is 1.00 bits per heavy atom. The fourth-order valence-corrected chi connectivity index (χ4v) is 0. The molecule has 0 aromatic heterocycles. The first kappa shape index (κ1) is 29.1. The van der Waals surface area contributed by atoms with Gasteiger partial charge in [-0.25, -0.2) is 0 Å². The van der Waals surface area contributed by atoms with Crippen LogP contribution in [0.3, 0.4) is 0 Å². The molecule has 0 aliphatic carbocycles. The second-order valence-electron chi connectivity index (χ2n) is 0. The molecule has 2 radical (unpaired) electrons. The fourth-order valence-electron chi connectivity index (χ4n) is 0. The van der Waals surface area contributed by atoms with Gasteiger partial charge in [0, 0.05) is 86.5 Å². The van der Waals surface area contributed by atoms with Gasteiger partial charge in [-0.3, -0.25) is 0 Å². The van der Waals surface area contributed by atoms with Crippen LogP contribution in [0.5, 0.6) is 0 Å². The first-order valence-electron chi connectivity index (χ1n) is 0. The van der Waals surface area contributed by atoms with Crippen molar-refractivity contribution in [1.29, 1.82) is 0 Å². The molecule has 0 rings (SSSR count). The SMILES string of the molecule is [Cr].[Cu].[Sc].[Zr]. The van der Waals surface area contributed by atoms with E-state index in [9.17, 15) is 0 Å². The van der Waals surface area contributed by atoms with Crippen molar-refractivity contribution in [3.63, 3.8) is 0 Å². The zero-order valence-corrected chi connectivity index (χ0v) is 8.26. The monoisotopic (exact) mass is 250 g/mol. The van der Waals surface area contributed by atoms with E-state index in [0.717, 1.165) is 0 Å². The molecule has 0 unspecified atom stereocenters. The van der Waals surface area contributed by atoms with Gasteiger partial charge in [-0.15, -0.1) is 0 Å². The van der Waals surface area contributed by atoms with Crippen molar-refractivity contribution in [1.82, 2.24) is 0 Å². The maximum Gasteiger partial charge on any atom is 0 e. The Morgan fingerprint density at radius 1 is 1.00 bits per heavy atom. The summed E-state index contributed by atoms with van der Waals surface area (Å²) in [7, 11) is 0. The van der Waals surface area contributed by atoms with Crippen molar-refractivity contribution in [3.05, 3.63) is 0 Å². The van der Waals surface area contributed by atoms with Crippen LogP contribution < -0.4 is 0 Å². The van der Waals surface area contributed by atoms with E-state index in [1.165, 1.54) is 0 Å². The van der Waals surface area contributed by atoms with Gasteiger partial charge in [0.05, 0.1) is 0 Å². The van der Waals surface area contributed by atoms with E-state index in [-0.39, 0.29) is 86.5 Å². The van der Waals surface area contributed by atoms with Crippen molar-refractivity contribution in [2.24, 2.45) is 0 Å². The minimum absolute atomic E-state index is 0.